The highest BCUT2D eigenvalue weighted by Crippen LogP contribution is 2.31. The number of hydrogen-bond acceptors (Lipinski definition) is 5. The molecule has 0 aromatic heterocycles. The molecule has 3 rings (SSSR count). The maximum atomic E-state index is 12.8. The van der Waals surface area contributed by atoms with Gasteiger partial charge in [-0.15, -0.1) is 0 Å². The maximum absolute atomic E-state index is 12.8. The van der Waals surface area contributed by atoms with Crippen LogP contribution in [0.25, 0.3) is 6.08 Å². The molecule has 5 heteroatoms. The number of aromatic hydroxyl groups is 1. The van der Waals surface area contributed by atoms with Crippen molar-refractivity contribution in [2.45, 2.75) is 65.1 Å². The van der Waals surface area contributed by atoms with E-state index in [2.05, 4.69) is 0 Å². The van der Waals surface area contributed by atoms with Gasteiger partial charge in [-0.25, -0.2) is 4.79 Å². The van der Waals surface area contributed by atoms with E-state index in [9.17, 15) is 14.7 Å². The van der Waals surface area contributed by atoms with Gasteiger partial charge in [0, 0.05) is 18.9 Å². The van der Waals surface area contributed by atoms with Gasteiger partial charge in [0.25, 0.3) is 0 Å². The largest absolute Gasteiger partial charge is 0.507 e. The number of phenolic OH excluding ortho intramolecular Hbond substituents is 1. The standard InChI is InChI=1S/C26H30O5/c1-18-11-13-20(14-12-18)17-30-23-15-21-8-4-3-5-9-22(27)10-6-7-19(2)31-26(29)25(21)24(28)16-23/h4,8,11-16,19,28H,3,5-7,9-10,17H2,1-2H3/b8-4+/t19-/m0/s1. The van der Waals surface area contributed by atoms with Gasteiger partial charge in [0.05, 0.1) is 6.10 Å². The quantitative estimate of drug-likeness (QED) is 0.637. The average Bonchev–Trinajstić information content (AvgIpc) is 2.72. The van der Waals surface area contributed by atoms with E-state index in [4.69, 9.17) is 9.47 Å². The molecule has 2 aromatic carbocycles. The van der Waals surface area contributed by atoms with Crippen molar-refractivity contribution in [3.63, 3.8) is 0 Å². The van der Waals surface area contributed by atoms with Crippen LogP contribution in [0.15, 0.2) is 42.5 Å². The Morgan fingerprint density at radius 3 is 2.61 bits per heavy atom. The van der Waals surface area contributed by atoms with E-state index in [1.54, 1.807) is 19.1 Å². The van der Waals surface area contributed by atoms with Crippen LogP contribution in [0.1, 0.15) is 72.5 Å². The average molecular weight is 423 g/mol. The number of hydrogen-bond donors (Lipinski definition) is 1. The van der Waals surface area contributed by atoms with Crippen molar-refractivity contribution in [3.8, 4) is 11.5 Å². The fourth-order valence-electron chi connectivity index (χ4n) is 3.55. The molecule has 0 radical (unpaired) electrons. The number of esters is 1. The SMILES string of the molecule is Cc1ccc(COc2cc(O)c3c(c2)/C=C/CCCC(=O)CCC[C@H](C)OC3=O)cc1. The summed E-state index contributed by atoms with van der Waals surface area (Å²) in [4.78, 5) is 24.7. The molecule has 31 heavy (non-hydrogen) atoms. The van der Waals surface area contributed by atoms with Crippen LogP contribution in [0.2, 0.25) is 0 Å². The summed E-state index contributed by atoms with van der Waals surface area (Å²) < 4.78 is 11.4. The van der Waals surface area contributed by atoms with E-state index in [1.165, 1.54) is 11.6 Å². The van der Waals surface area contributed by atoms with Crippen molar-refractivity contribution in [2.24, 2.45) is 0 Å². The molecule has 1 aliphatic heterocycles. The van der Waals surface area contributed by atoms with Crippen molar-refractivity contribution in [3.05, 3.63) is 64.7 Å². The molecule has 0 spiro atoms. The number of cyclic esters (lactones) is 1. The zero-order valence-corrected chi connectivity index (χ0v) is 18.2. The Balaban J connectivity index is 1.84. The van der Waals surface area contributed by atoms with Crippen molar-refractivity contribution in [2.75, 3.05) is 0 Å². The highest BCUT2D eigenvalue weighted by atomic mass is 16.5. The predicted octanol–water partition coefficient (Wildman–Crippen LogP) is 5.76. The Labute approximate surface area is 183 Å². The number of carbonyl (C=O) groups excluding carboxylic acids is 2. The van der Waals surface area contributed by atoms with Crippen LogP contribution in [0.5, 0.6) is 11.5 Å². The second-order valence-corrected chi connectivity index (χ2v) is 8.12. The molecule has 2 aromatic rings. The first-order valence-corrected chi connectivity index (χ1v) is 10.9. The first-order chi connectivity index (χ1) is 14.9. The summed E-state index contributed by atoms with van der Waals surface area (Å²) in [5.41, 5.74) is 2.87. The number of allylic oxidation sites excluding steroid dienone is 1. The van der Waals surface area contributed by atoms with Gasteiger partial charge in [0.2, 0.25) is 0 Å². The number of Topliss-reactive ketones (excluding diaryl/α,β-unsaturated/α-hetero) is 1. The molecule has 0 fully saturated rings. The molecular weight excluding hydrogens is 392 g/mol. The minimum absolute atomic E-state index is 0.138. The van der Waals surface area contributed by atoms with Gasteiger partial charge < -0.3 is 14.6 Å². The molecule has 0 saturated carbocycles. The van der Waals surface area contributed by atoms with Crippen LogP contribution in [0.4, 0.5) is 0 Å². The Kier molecular flexibility index (Phi) is 7.88. The second-order valence-electron chi connectivity index (χ2n) is 8.12. The van der Waals surface area contributed by atoms with E-state index in [0.29, 0.717) is 50.0 Å². The lowest BCUT2D eigenvalue weighted by Gasteiger charge is -2.16. The van der Waals surface area contributed by atoms with Crippen molar-refractivity contribution < 1.29 is 24.2 Å². The fraction of sp³-hybridized carbons (Fsp3) is 0.385. The molecule has 1 atom stereocenters. The number of carbonyl (C=O) groups is 2. The summed E-state index contributed by atoms with van der Waals surface area (Å²) in [5.74, 6) is -0.0221. The first kappa shape index (κ1) is 22.6. The third-order valence-corrected chi connectivity index (χ3v) is 5.35. The molecule has 0 aliphatic carbocycles. The zero-order chi connectivity index (χ0) is 22.2. The molecule has 0 amide bonds. The normalized spacial score (nSPS) is 19.1. The smallest absolute Gasteiger partial charge is 0.342 e. The Morgan fingerprint density at radius 2 is 1.84 bits per heavy atom. The minimum atomic E-state index is -0.571. The number of rotatable bonds is 3. The van der Waals surface area contributed by atoms with Crippen LogP contribution in [0.3, 0.4) is 0 Å². The van der Waals surface area contributed by atoms with E-state index in [1.807, 2.05) is 37.3 Å². The maximum Gasteiger partial charge on any atom is 0.342 e. The van der Waals surface area contributed by atoms with Crippen LogP contribution >= 0.6 is 0 Å². The van der Waals surface area contributed by atoms with E-state index < -0.39 is 5.97 Å². The van der Waals surface area contributed by atoms with Crippen LogP contribution in [-0.4, -0.2) is 23.0 Å². The predicted molar refractivity (Wildman–Crippen MR) is 120 cm³/mol. The third-order valence-electron chi connectivity index (χ3n) is 5.35. The van der Waals surface area contributed by atoms with E-state index >= 15 is 0 Å². The fourth-order valence-corrected chi connectivity index (χ4v) is 3.55. The molecular formula is C26H30O5. The summed E-state index contributed by atoms with van der Waals surface area (Å²) in [6.45, 7) is 4.18. The van der Waals surface area contributed by atoms with Gasteiger partial charge in [-0.05, 0) is 56.7 Å². The molecule has 5 nitrogen and oxygen atoms in total. The molecule has 0 bridgehead atoms. The third kappa shape index (κ3) is 6.71. The number of phenols is 1. The Morgan fingerprint density at radius 1 is 1.10 bits per heavy atom. The van der Waals surface area contributed by atoms with Crippen LogP contribution in [0, 0.1) is 6.92 Å². The lowest BCUT2D eigenvalue weighted by molar-refractivity contribution is -0.119. The number of benzene rings is 2. The van der Waals surface area contributed by atoms with Gasteiger partial charge in [-0.1, -0.05) is 42.0 Å². The number of ketones is 1. The molecule has 1 heterocycles. The number of aryl methyl sites for hydroxylation is 1. The molecule has 0 unspecified atom stereocenters. The van der Waals surface area contributed by atoms with Crippen molar-refractivity contribution in [1.29, 1.82) is 0 Å². The molecule has 0 saturated heterocycles. The topological polar surface area (TPSA) is 72.8 Å². The molecule has 1 aliphatic rings. The first-order valence-electron chi connectivity index (χ1n) is 10.9. The van der Waals surface area contributed by atoms with Crippen molar-refractivity contribution >= 4 is 17.8 Å². The summed E-state index contributed by atoms with van der Waals surface area (Å²) in [6, 6.07) is 11.2. The van der Waals surface area contributed by atoms with Crippen LogP contribution < -0.4 is 4.74 Å². The van der Waals surface area contributed by atoms with Gasteiger partial charge in [0.1, 0.15) is 29.5 Å². The van der Waals surface area contributed by atoms with Gasteiger partial charge >= 0.3 is 5.97 Å². The van der Waals surface area contributed by atoms with Crippen LogP contribution in [-0.2, 0) is 16.1 Å². The molecule has 164 valence electrons. The lowest BCUT2D eigenvalue weighted by Crippen LogP contribution is -2.17. The van der Waals surface area contributed by atoms with E-state index in [-0.39, 0.29) is 23.2 Å². The zero-order valence-electron chi connectivity index (χ0n) is 18.2. The van der Waals surface area contributed by atoms with Gasteiger partial charge in [-0.3, -0.25) is 4.79 Å². The highest BCUT2D eigenvalue weighted by molar-refractivity contribution is 5.97. The monoisotopic (exact) mass is 422 g/mol. The van der Waals surface area contributed by atoms with Gasteiger partial charge in [-0.2, -0.15) is 0 Å². The Bertz CT molecular complexity index is 943. The minimum Gasteiger partial charge on any atom is -0.507 e. The highest BCUT2D eigenvalue weighted by Gasteiger charge is 2.21. The second kappa shape index (κ2) is 10.8. The van der Waals surface area contributed by atoms with Gasteiger partial charge in [0.15, 0.2) is 0 Å². The molecule has 1 N–H and O–H groups in total. The number of ether oxygens (including phenoxy) is 2. The Hall–Kier alpha value is -3.08. The summed E-state index contributed by atoms with van der Waals surface area (Å²) >= 11 is 0. The summed E-state index contributed by atoms with van der Waals surface area (Å²) in [5, 5.41) is 10.6. The summed E-state index contributed by atoms with van der Waals surface area (Å²) in [7, 11) is 0. The number of fused-ring (bicyclic) bond motifs is 1. The van der Waals surface area contributed by atoms with Crippen molar-refractivity contribution in [1.82, 2.24) is 0 Å². The summed E-state index contributed by atoms with van der Waals surface area (Å²) in [6.07, 6.45) is 7.21. The van der Waals surface area contributed by atoms with E-state index in [0.717, 1.165) is 12.0 Å². The lowest BCUT2D eigenvalue weighted by atomic mass is 10.0.